The summed E-state index contributed by atoms with van der Waals surface area (Å²) in [6.45, 7) is 5.74. The van der Waals surface area contributed by atoms with Gasteiger partial charge in [-0.15, -0.1) is 0 Å². The molecule has 0 amide bonds. The lowest BCUT2D eigenvalue weighted by Crippen LogP contribution is -2.33. The molecule has 0 bridgehead atoms. The van der Waals surface area contributed by atoms with Crippen molar-refractivity contribution in [2.75, 3.05) is 25.0 Å². The van der Waals surface area contributed by atoms with Crippen molar-refractivity contribution in [1.82, 2.24) is 19.5 Å². The van der Waals surface area contributed by atoms with E-state index in [-0.39, 0.29) is 0 Å². The fourth-order valence-electron chi connectivity index (χ4n) is 2.57. The van der Waals surface area contributed by atoms with E-state index >= 15 is 0 Å². The van der Waals surface area contributed by atoms with Gasteiger partial charge in [0.05, 0.1) is 10.7 Å². The highest BCUT2D eigenvalue weighted by Crippen LogP contribution is 2.17. The predicted octanol–water partition coefficient (Wildman–Crippen LogP) is 2.39. The van der Waals surface area contributed by atoms with Gasteiger partial charge in [-0.2, -0.15) is 5.10 Å². The van der Waals surface area contributed by atoms with Gasteiger partial charge in [-0.1, -0.05) is 0 Å². The van der Waals surface area contributed by atoms with E-state index in [0.717, 1.165) is 22.5 Å². The third kappa shape index (κ3) is 2.90. The molecule has 0 saturated carbocycles. The van der Waals surface area contributed by atoms with Gasteiger partial charge in [-0.05, 0) is 54.9 Å². The first-order valence-corrected chi connectivity index (χ1v) is 7.50. The van der Waals surface area contributed by atoms with Crippen LogP contribution in [0, 0.1) is 0 Å². The number of nitrogens with one attached hydrogen (secondary N) is 1. The fourth-order valence-corrected chi connectivity index (χ4v) is 2.93. The van der Waals surface area contributed by atoms with Crippen LogP contribution in [0.5, 0.6) is 0 Å². The predicted molar refractivity (Wildman–Crippen MR) is 79.4 cm³/mol. The Bertz CT molecular complexity index is 561. The molecule has 3 heterocycles. The van der Waals surface area contributed by atoms with Crippen molar-refractivity contribution >= 4 is 27.4 Å². The van der Waals surface area contributed by atoms with Gasteiger partial charge in [0.1, 0.15) is 5.82 Å². The van der Waals surface area contributed by atoms with E-state index in [2.05, 4.69) is 43.2 Å². The Balaban J connectivity index is 1.68. The van der Waals surface area contributed by atoms with E-state index in [1.165, 1.54) is 25.9 Å². The molecular weight excluding hydrogens is 306 g/mol. The van der Waals surface area contributed by atoms with E-state index in [1.807, 2.05) is 12.3 Å². The number of fused-ring (bicyclic) bond motifs is 1. The van der Waals surface area contributed by atoms with Gasteiger partial charge in [0.2, 0.25) is 0 Å². The Hall–Kier alpha value is -1.14. The highest BCUT2D eigenvalue weighted by atomic mass is 79.9. The number of halogens is 1. The molecule has 1 aliphatic heterocycles. The lowest BCUT2D eigenvalue weighted by atomic mass is 10.3. The van der Waals surface area contributed by atoms with Gasteiger partial charge >= 0.3 is 0 Å². The van der Waals surface area contributed by atoms with Gasteiger partial charge in [-0.25, -0.2) is 9.50 Å². The number of hydrogen-bond acceptors (Lipinski definition) is 4. The second kappa shape index (κ2) is 5.46. The van der Waals surface area contributed by atoms with Crippen molar-refractivity contribution in [2.45, 2.75) is 25.8 Å². The minimum atomic E-state index is 0.398. The van der Waals surface area contributed by atoms with Crippen LogP contribution >= 0.6 is 15.9 Å². The Morgan fingerprint density at radius 2 is 2.21 bits per heavy atom. The topological polar surface area (TPSA) is 45.5 Å². The van der Waals surface area contributed by atoms with Crippen LogP contribution in [0.25, 0.3) is 5.65 Å². The molecule has 2 aromatic rings. The second-order valence-electron chi connectivity index (χ2n) is 5.13. The van der Waals surface area contributed by atoms with Gasteiger partial charge < -0.3 is 10.2 Å². The van der Waals surface area contributed by atoms with Crippen molar-refractivity contribution in [1.29, 1.82) is 0 Å². The number of rotatable bonds is 4. The Labute approximate surface area is 121 Å². The summed E-state index contributed by atoms with van der Waals surface area (Å²) in [5, 5.41) is 7.66. The smallest absolute Gasteiger partial charge is 0.171 e. The van der Waals surface area contributed by atoms with Crippen LogP contribution in [0.2, 0.25) is 0 Å². The van der Waals surface area contributed by atoms with Gasteiger partial charge in [0.15, 0.2) is 5.65 Å². The fraction of sp³-hybridized carbons (Fsp3) is 0.538. The van der Waals surface area contributed by atoms with Crippen LogP contribution in [0.4, 0.5) is 5.82 Å². The zero-order valence-electron chi connectivity index (χ0n) is 11.0. The van der Waals surface area contributed by atoms with Crippen molar-refractivity contribution in [3.8, 4) is 0 Å². The van der Waals surface area contributed by atoms with E-state index in [9.17, 15) is 0 Å². The molecule has 0 aliphatic carbocycles. The maximum absolute atomic E-state index is 4.57. The summed E-state index contributed by atoms with van der Waals surface area (Å²) in [5.41, 5.74) is 0.846. The largest absolute Gasteiger partial charge is 0.366 e. The molecular formula is C13H18BrN5. The lowest BCUT2D eigenvalue weighted by Gasteiger charge is -2.21. The molecule has 102 valence electrons. The molecule has 1 N–H and O–H groups in total. The molecule has 1 atom stereocenters. The monoisotopic (exact) mass is 323 g/mol. The molecule has 5 nitrogen and oxygen atoms in total. The first kappa shape index (κ1) is 12.9. The highest BCUT2D eigenvalue weighted by Gasteiger charge is 2.15. The molecule has 1 unspecified atom stereocenters. The van der Waals surface area contributed by atoms with Crippen LogP contribution in [0.3, 0.4) is 0 Å². The Morgan fingerprint density at radius 1 is 1.42 bits per heavy atom. The summed E-state index contributed by atoms with van der Waals surface area (Å²) in [6.07, 6.45) is 6.36. The quantitative estimate of drug-likeness (QED) is 0.938. The standard InChI is InChI=1S/C13H18BrN5/c1-10(9-18-5-2-3-6-18)16-12-4-7-19-13(17-12)11(14)8-15-19/h4,7-8,10H,2-3,5-6,9H2,1H3,(H,16,17). The summed E-state index contributed by atoms with van der Waals surface area (Å²) in [7, 11) is 0. The second-order valence-corrected chi connectivity index (χ2v) is 5.98. The molecule has 6 heteroatoms. The first-order chi connectivity index (χ1) is 9.22. The van der Waals surface area contributed by atoms with Gasteiger partial charge in [0, 0.05) is 18.8 Å². The third-order valence-electron chi connectivity index (χ3n) is 3.45. The number of aromatic nitrogens is 3. The average Bonchev–Trinajstić information content (AvgIpc) is 3.00. The van der Waals surface area contributed by atoms with Crippen LogP contribution in [0.1, 0.15) is 19.8 Å². The number of likely N-dealkylation sites (tertiary alicyclic amines) is 1. The Kier molecular flexibility index (Phi) is 3.70. The lowest BCUT2D eigenvalue weighted by molar-refractivity contribution is 0.327. The Morgan fingerprint density at radius 3 is 3.00 bits per heavy atom. The first-order valence-electron chi connectivity index (χ1n) is 6.71. The number of nitrogens with zero attached hydrogens (tertiary/aromatic N) is 4. The molecule has 0 radical (unpaired) electrons. The molecule has 2 aromatic heterocycles. The van der Waals surface area contributed by atoms with Crippen LogP contribution in [0.15, 0.2) is 22.9 Å². The van der Waals surface area contributed by atoms with Crippen molar-refractivity contribution in [3.05, 3.63) is 22.9 Å². The molecule has 1 aliphatic rings. The summed E-state index contributed by atoms with van der Waals surface area (Å²) < 4.78 is 2.68. The van der Waals surface area contributed by atoms with E-state index in [0.29, 0.717) is 6.04 Å². The molecule has 19 heavy (non-hydrogen) atoms. The van der Waals surface area contributed by atoms with E-state index in [4.69, 9.17) is 0 Å². The van der Waals surface area contributed by atoms with Gasteiger partial charge in [-0.3, -0.25) is 0 Å². The molecule has 0 spiro atoms. The maximum atomic E-state index is 4.57. The van der Waals surface area contributed by atoms with E-state index in [1.54, 1.807) is 10.7 Å². The zero-order valence-corrected chi connectivity index (χ0v) is 12.6. The molecule has 3 rings (SSSR count). The number of hydrogen-bond donors (Lipinski definition) is 1. The van der Waals surface area contributed by atoms with E-state index < -0.39 is 0 Å². The number of anilines is 1. The van der Waals surface area contributed by atoms with Gasteiger partial charge in [0.25, 0.3) is 0 Å². The minimum absolute atomic E-state index is 0.398. The molecule has 1 fully saturated rings. The summed E-state index contributed by atoms with van der Waals surface area (Å²) in [6, 6.07) is 2.36. The third-order valence-corrected chi connectivity index (χ3v) is 4.01. The van der Waals surface area contributed by atoms with Crippen molar-refractivity contribution in [3.63, 3.8) is 0 Å². The molecule has 0 aromatic carbocycles. The molecule has 1 saturated heterocycles. The van der Waals surface area contributed by atoms with Crippen LogP contribution in [-0.4, -0.2) is 45.2 Å². The SMILES string of the molecule is CC(CN1CCCC1)Nc1ccn2ncc(Br)c2n1. The van der Waals surface area contributed by atoms with Crippen molar-refractivity contribution in [2.24, 2.45) is 0 Å². The van der Waals surface area contributed by atoms with Crippen LogP contribution in [-0.2, 0) is 0 Å². The zero-order chi connectivity index (χ0) is 13.2. The summed E-state index contributed by atoms with van der Waals surface area (Å²) in [5.74, 6) is 0.903. The summed E-state index contributed by atoms with van der Waals surface area (Å²) >= 11 is 3.46. The van der Waals surface area contributed by atoms with Crippen LogP contribution < -0.4 is 5.32 Å². The highest BCUT2D eigenvalue weighted by molar-refractivity contribution is 9.10. The maximum Gasteiger partial charge on any atom is 0.171 e. The average molecular weight is 324 g/mol. The van der Waals surface area contributed by atoms with Crippen molar-refractivity contribution < 1.29 is 0 Å². The minimum Gasteiger partial charge on any atom is -0.366 e. The summed E-state index contributed by atoms with van der Waals surface area (Å²) in [4.78, 5) is 7.08. The normalized spacial score (nSPS) is 18.0.